The van der Waals surface area contributed by atoms with Gasteiger partial charge in [0.25, 0.3) is 0 Å². The molecule has 1 aromatic carbocycles. The fourth-order valence-electron chi connectivity index (χ4n) is 1.58. The van der Waals surface area contributed by atoms with Crippen LogP contribution in [0.25, 0.3) is 0 Å². The average Bonchev–Trinajstić information content (AvgIpc) is 2.26. The topological polar surface area (TPSA) is 55.1 Å². The lowest BCUT2D eigenvalue weighted by Gasteiger charge is -2.26. The van der Waals surface area contributed by atoms with Gasteiger partial charge in [-0.2, -0.15) is 0 Å². The van der Waals surface area contributed by atoms with Gasteiger partial charge in [-0.25, -0.2) is 0 Å². The van der Waals surface area contributed by atoms with Gasteiger partial charge in [-0.3, -0.25) is 4.79 Å². The van der Waals surface area contributed by atoms with E-state index < -0.39 is 6.04 Å². The molecule has 0 aromatic heterocycles. The molecule has 0 fully saturated rings. The number of nitrogens with two attached hydrogens (primary N) is 1. The second kappa shape index (κ2) is 6.76. The number of hydrogen-bond donors (Lipinski definition) is 2. The van der Waals surface area contributed by atoms with E-state index >= 15 is 0 Å². The van der Waals surface area contributed by atoms with Crippen LogP contribution in [-0.4, -0.2) is 18.5 Å². The van der Waals surface area contributed by atoms with Crippen molar-refractivity contribution < 1.29 is 4.79 Å². The van der Waals surface area contributed by atoms with E-state index in [1.54, 1.807) is 6.92 Å². The van der Waals surface area contributed by atoms with Crippen LogP contribution in [0.4, 0.5) is 0 Å². The van der Waals surface area contributed by atoms with Gasteiger partial charge in [0.05, 0.1) is 6.04 Å². The zero-order valence-corrected chi connectivity index (χ0v) is 12.3. The van der Waals surface area contributed by atoms with Gasteiger partial charge in [0, 0.05) is 12.0 Å². The monoisotopic (exact) mass is 270 g/mol. The summed E-state index contributed by atoms with van der Waals surface area (Å²) in [4.78, 5) is 11.4. The molecule has 0 aliphatic heterocycles. The Labute approximate surface area is 116 Å². The third kappa shape index (κ3) is 4.67. The second-order valence-electron chi connectivity index (χ2n) is 5.26. The first-order valence-corrected chi connectivity index (χ1v) is 5.93. The molecule has 1 amide bonds. The summed E-state index contributed by atoms with van der Waals surface area (Å²) in [5.74, 6) is -0.106. The number of hydrogen-bond acceptors (Lipinski definition) is 2. The SMILES string of the molecule is Cc1ccc(C(C)(C)CNC(=O)[C@H](C)N)cc1.Cl. The highest BCUT2D eigenvalue weighted by atomic mass is 35.5. The fourth-order valence-corrected chi connectivity index (χ4v) is 1.58. The third-order valence-electron chi connectivity index (χ3n) is 2.95. The Hall–Kier alpha value is -1.06. The third-order valence-corrected chi connectivity index (χ3v) is 2.95. The van der Waals surface area contributed by atoms with E-state index in [0.29, 0.717) is 6.54 Å². The Morgan fingerprint density at radius 1 is 1.33 bits per heavy atom. The standard InChI is InChI=1S/C14H22N2O.ClH/c1-10-5-7-12(8-6-10)14(3,4)9-16-13(17)11(2)15;/h5-8,11H,9,15H2,1-4H3,(H,16,17);1H/t11-;/m0./s1. The van der Waals surface area contributed by atoms with Crippen molar-refractivity contribution in [3.05, 3.63) is 35.4 Å². The predicted octanol–water partition coefficient (Wildman–Crippen LogP) is 2.16. The van der Waals surface area contributed by atoms with Crippen LogP contribution in [0.1, 0.15) is 31.9 Å². The van der Waals surface area contributed by atoms with E-state index in [0.717, 1.165) is 0 Å². The van der Waals surface area contributed by atoms with Crippen LogP contribution >= 0.6 is 12.4 Å². The Bertz CT molecular complexity index is 385. The minimum Gasteiger partial charge on any atom is -0.354 e. The molecule has 3 N–H and O–H groups in total. The van der Waals surface area contributed by atoms with E-state index in [-0.39, 0.29) is 23.7 Å². The molecule has 0 saturated carbocycles. The van der Waals surface area contributed by atoms with Crippen LogP contribution in [0.3, 0.4) is 0 Å². The zero-order chi connectivity index (χ0) is 13.1. The molecule has 0 aliphatic carbocycles. The summed E-state index contributed by atoms with van der Waals surface area (Å²) in [6.07, 6.45) is 0. The maximum Gasteiger partial charge on any atom is 0.236 e. The highest BCUT2D eigenvalue weighted by Crippen LogP contribution is 2.22. The van der Waals surface area contributed by atoms with Crippen LogP contribution in [-0.2, 0) is 10.2 Å². The van der Waals surface area contributed by atoms with E-state index in [4.69, 9.17) is 5.73 Å². The molecule has 0 bridgehead atoms. The van der Waals surface area contributed by atoms with Gasteiger partial charge < -0.3 is 11.1 Å². The van der Waals surface area contributed by atoms with E-state index in [1.807, 2.05) is 0 Å². The van der Waals surface area contributed by atoms with Crippen molar-refractivity contribution >= 4 is 18.3 Å². The van der Waals surface area contributed by atoms with Crippen LogP contribution < -0.4 is 11.1 Å². The smallest absolute Gasteiger partial charge is 0.236 e. The molecular weight excluding hydrogens is 248 g/mol. The first kappa shape index (κ1) is 16.9. The Balaban J connectivity index is 0.00000289. The summed E-state index contributed by atoms with van der Waals surface area (Å²) in [5, 5.41) is 2.87. The van der Waals surface area contributed by atoms with E-state index in [2.05, 4.69) is 50.4 Å². The van der Waals surface area contributed by atoms with Crippen LogP contribution in [0.5, 0.6) is 0 Å². The molecule has 0 heterocycles. The molecular formula is C14H23ClN2O. The normalized spacial score (nSPS) is 12.5. The predicted molar refractivity (Wildman–Crippen MR) is 78.1 cm³/mol. The number of carbonyl (C=O) groups excluding carboxylic acids is 1. The van der Waals surface area contributed by atoms with E-state index in [1.165, 1.54) is 11.1 Å². The molecule has 18 heavy (non-hydrogen) atoms. The maximum atomic E-state index is 11.4. The van der Waals surface area contributed by atoms with Gasteiger partial charge in [-0.15, -0.1) is 12.4 Å². The number of nitrogens with one attached hydrogen (secondary N) is 1. The van der Waals surface area contributed by atoms with E-state index in [9.17, 15) is 4.79 Å². The number of amides is 1. The molecule has 1 aromatic rings. The number of rotatable bonds is 4. The fraction of sp³-hybridized carbons (Fsp3) is 0.500. The molecule has 1 rings (SSSR count). The maximum absolute atomic E-state index is 11.4. The lowest BCUT2D eigenvalue weighted by molar-refractivity contribution is -0.122. The van der Waals surface area contributed by atoms with Crippen molar-refractivity contribution in [3.8, 4) is 0 Å². The van der Waals surface area contributed by atoms with Crippen molar-refractivity contribution in [2.45, 2.75) is 39.2 Å². The highest BCUT2D eigenvalue weighted by Gasteiger charge is 2.21. The quantitative estimate of drug-likeness (QED) is 0.881. The molecule has 0 aliphatic rings. The van der Waals surface area contributed by atoms with Crippen molar-refractivity contribution in [3.63, 3.8) is 0 Å². The van der Waals surface area contributed by atoms with Crippen molar-refractivity contribution in [2.24, 2.45) is 5.73 Å². The first-order chi connectivity index (χ1) is 7.83. The largest absolute Gasteiger partial charge is 0.354 e. The summed E-state index contributed by atoms with van der Waals surface area (Å²) < 4.78 is 0. The number of aryl methyl sites for hydroxylation is 1. The Morgan fingerprint density at radius 3 is 2.28 bits per heavy atom. The van der Waals surface area contributed by atoms with Gasteiger partial charge in [-0.1, -0.05) is 43.7 Å². The zero-order valence-electron chi connectivity index (χ0n) is 11.5. The molecule has 1 atom stereocenters. The molecule has 4 heteroatoms. The lowest BCUT2D eigenvalue weighted by Crippen LogP contribution is -2.43. The molecule has 0 radical (unpaired) electrons. The van der Waals surface area contributed by atoms with Crippen molar-refractivity contribution in [1.29, 1.82) is 0 Å². The second-order valence-corrected chi connectivity index (χ2v) is 5.26. The molecule has 0 saturated heterocycles. The minimum atomic E-state index is -0.455. The molecule has 3 nitrogen and oxygen atoms in total. The lowest BCUT2D eigenvalue weighted by atomic mass is 9.84. The van der Waals surface area contributed by atoms with Gasteiger partial charge in [-0.05, 0) is 19.4 Å². The van der Waals surface area contributed by atoms with Gasteiger partial charge >= 0.3 is 0 Å². The molecule has 0 spiro atoms. The van der Waals surface area contributed by atoms with Crippen molar-refractivity contribution in [1.82, 2.24) is 5.32 Å². The number of benzene rings is 1. The minimum absolute atomic E-state index is 0. The van der Waals surface area contributed by atoms with Crippen LogP contribution in [0, 0.1) is 6.92 Å². The van der Waals surface area contributed by atoms with Gasteiger partial charge in [0.15, 0.2) is 0 Å². The first-order valence-electron chi connectivity index (χ1n) is 5.93. The van der Waals surface area contributed by atoms with Crippen LogP contribution in [0.15, 0.2) is 24.3 Å². The van der Waals surface area contributed by atoms with Crippen molar-refractivity contribution in [2.75, 3.05) is 6.54 Å². The van der Waals surface area contributed by atoms with Crippen LogP contribution in [0.2, 0.25) is 0 Å². The summed E-state index contributed by atoms with van der Waals surface area (Å²) in [6.45, 7) is 8.57. The molecule has 102 valence electrons. The Kier molecular flexibility index (Phi) is 6.36. The highest BCUT2D eigenvalue weighted by molar-refractivity contribution is 5.85. The number of halogens is 1. The van der Waals surface area contributed by atoms with Gasteiger partial charge in [0.1, 0.15) is 0 Å². The summed E-state index contributed by atoms with van der Waals surface area (Å²) in [5.41, 5.74) is 7.88. The summed E-state index contributed by atoms with van der Waals surface area (Å²) in [6, 6.07) is 7.93. The summed E-state index contributed by atoms with van der Waals surface area (Å²) in [7, 11) is 0. The average molecular weight is 271 g/mol. The number of carbonyl (C=O) groups is 1. The summed E-state index contributed by atoms with van der Waals surface area (Å²) >= 11 is 0. The molecule has 0 unspecified atom stereocenters. The van der Waals surface area contributed by atoms with Gasteiger partial charge in [0.2, 0.25) is 5.91 Å². The Morgan fingerprint density at radius 2 is 1.83 bits per heavy atom.